The van der Waals surface area contributed by atoms with Crippen molar-refractivity contribution in [2.45, 2.75) is 0 Å². The average molecular weight is 626 g/mol. The van der Waals surface area contributed by atoms with E-state index in [1.54, 1.807) is 0 Å². The standard InChI is InChI=1S/C45H27N3O/c1-2-11-28(12-3-1)29-21-23-30(24-22-29)43-35-17-5-8-19-40(35)47-45(48-43)32-14-10-13-31(25-32)44-38-27-42-37(34-16-6-9-20-41(34)49-42)26-36(38)33-15-4-7-18-39(33)46-44/h1-27H. The molecule has 0 N–H and O–H groups in total. The fourth-order valence-electron chi connectivity index (χ4n) is 7.07. The van der Waals surface area contributed by atoms with Crippen LogP contribution in [0.2, 0.25) is 0 Å². The van der Waals surface area contributed by atoms with Crippen molar-refractivity contribution in [2.24, 2.45) is 0 Å². The zero-order valence-corrected chi connectivity index (χ0v) is 26.3. The van der Waals surface area contributed by atoms with E-state index in [-0.39, 0.29) is 0 Å². The molecule has 0 atom stereocenters. The summed E-state index contributed by atoms with van der Waals surface area (Å²) in [6, 6.07) is 56.7. The molecule has 0 spiro atoms. The number of fused-ring (bicyclic) bond motifs is 7. The Morgan fingerprint density at radius 2 is 0.918 bits per heavy atom. The fourth-order valence-corrected chi connectivity index (χ4v) is 7.07. The van der Waals surface area contributed by atoms with Crippen LogP contribution in [0, 0.1) is 0 Å². The lowest BCUT2D eigenvalue weighted by Gasteiger charge is -2.13. The molecule has 0 aliphatic heterocycles. The van der Waals surface area contributed by atoms with Crippen molar-refractivity contribution in [2.75, 3.05) is 0 Å². The van der Waals surface area contributed by atoms with E-state index in [4.69, 9.17) is 19.4 Å². The highest BCUT2D eigenvalue weighted by molar-refractivity contribution is 6.18. The van der Waals surface area contributed by atoms with E-state index in [1.165, 1.54) is 11.1 Å². The Balaban J connectivity index is 1.14. The summed E-state index contributed by atoms with van der Waals surface area (Å²) < 4.78 is 6.34. The first-order chi connectivity index (χ1) is 24.3. The van der Waals surface area contributed by atoms with Crippen molar-refractivity contribution in [1.82, 2.24) is 15.0 Å². The maximum Gasteiger partial charge on any atom is 0.160 e. The molecule has 0 aliphatic carbocycles. The maximum absolute atomic E-state index is 6.34. The highest BCUT2D eigenvalue weighted by Crippen LogP contribution is 2.39. The molecule has 10 rings (SSSR count). The molecule has 3 aromatic heterocycles. The monoisotopic (exact) mass is 625 g/mol. The molecule has 49 heavy (non-hydrogen) atoms. The molecule has 228 valence electrons. The van der Waals surface area contributed by atoms with E-state index < -0.39 is 0 Å². The van der Waals surface area contributed by atoms with Gasteiger partial charge < -0.3 is 4.42 Å². The van der Waals surface area contributed by atoms with Gasteiger partial charge in [-0.3, -0.25) is 0 Å². The molecule has 0 aliphatic rings. The Kier molecular flexibility index (Phi) is 6.15. The largest absolute Gasteiger partial charge is 0.456 e. The predicted molar refractivity (Wildman–Crippen MR) is 201 cm³/mol. The van der Waals surface area contributed by atoms with E-state index in [9.17, 15) is 0 Å². The summed E-state index contributed by atoms with van der Waals surface area (Å²) in [4.78, 5) is 15.5. The van der Waals surface area contributed by atoms with E-state index in [0.29, 0.717) is 5.82 Å². The van der Waals surface area contributed by atoms with Crippen LogP contribution in [0.1, 0.15) is 0 Å². The Labute approximate surface area is 282 Å². The van der Waals surface area contributed by atoms with Crippen molar-refractivity contribution < 1.29 is 4.42 Å². The number of aromatic nitrogens is 3. The third kappa shape index (κ3) is 4.57. The quantitative estimate of drug-likeness (QED) is 0.183. The molecule has 0 bridgehead atoms. The normalized spacial score (nSPS) is 11.7. The summed E-state index contributed by atoms with van der Waals surface area (Å²) in [6.45, 7) is 0. The van der Waals surface area contributed by atoms with Crippen LogP contribution < -0.4 is 0 Å². The second-order valence-corrected chi connectivity index (χ2v) is 12.4. The summed E-state index contributed by atoms with van der Waals surface area (Å²) in [5.41, 5.74) is 10.7. The summed E-state index contributed by atoms with van der Waals surface area (Å²) in [7, 11) is 0. The minimum atomic E-state index is 0.674. The summed E-state index contributed by atoms with van der Waals surface area (Å²) in [5, 5.41) is 6.54. The van der Waals surface area contributed by atoms with Crippen LogP contribution in [0.5, 0.6) is 0 Å². The topological polar surface area (TPSA) is 51.8 Å². The van der Waals surface area contributed by atoms with Crippen molar-refractivity contribution >= 4 is 54.5 Å². The molecule has 0 saturated heterocycles. The third-order valence-electron chi connectivity index (χ3n) is 9.46. The van der Waals surface area contributed by atoms with Crippen LogP contribution >= 0.6 is 0 Å². The number of pyridine rings is 1. The molecule has 4 heteroatoms. The lowest BCUT2D eigenvalue weighted by atomic mass is 9.97. The van der Waals surface area contributed by atoms with Gasteiger partial charge in [0.2, 0.25) is 0 Å². The Morgan fingerprint density at radius 3 is 1.76 bits per heavy atom. The molecule has 3 heterocycles. The van der Waals surface area contributed by atoms with Gasteiger partial charge in [-0.15, -0.1) is 0 Å². The Hall–Kier alpha value is -6.65. The highest BCUT2D eigenvalue weighted by Gasteiger charge is 2.17. The lowest BCUT2D eigenvalue weighted by molar-refractivity contribution is 0.669. The summed E-state index contributed by atoms with van der Waals surface area (Å²) in [5.74, 6) is 0.674. The second kappa shape index (κ2) is 11.0. The van der Waals surface area contributed by atoms with Crippen LogP contribution in [0.15, 0.2) is 168 Å². The van der Waals surface area contributed by atoms with Crippen molar-refractivity contribution in [3.05, 3.63) is 164 Å². The molecule has 4 nitrogen and oxygen atoms in total. The van der Waals surface area contributed by atoms with E-state index in [1.807, 2.05) is 36.4 Å². The fraction of sp³-hybridized carbons (Fsp3) is 0. The molecular weight excluding hydrogens is 599 g/mol. The van der Waals surface area contributed by atoms with Crippen LogP contribution in [-0.2, 0) is 0 Å². The van der Waals surface area contributed by atoms with Gasteiger partial charge in [-0.1, -0.05) is 127 Å². The van der Waals surface area contributed by atoms with Crippen LogP contribution in [0.3, 0.4) is 0 Å². The van der Waals surface area contributed by atoms with E-state index >= 15 is 0 Å². The SMILES string of the molecule is c1ccc(-c2ccc(-c3nc(-c4cccc(-c5nc6ccccc6c6cc7c(cc56)oc5ccccc57)c4)nc4ccccc34)cc2)cc1. The number of hydrogen-bond acceptors (Lipinski definition) is 4. The number of nitrogens with zero attached hydrogens (tertiary/aromatic N) is 3. The van der Waals surface area contributed by atoms with Gasteiger partial charge in [0.05, 0.1) is 22.4 Å². The number of furan rings is 1. The number of benzene rings is 7. The minimum Gasteiger partial charge on any atom is -0.456 e. The first kappa shape index (κ1) is 27.5. The van der Waals surface area contributed by atoms with Gasteiger partial charge in [0.1, 0.15) is 11.2 Å². The molecule has 0 unspecified atom stereocenters. The Morgan fingerprint density at radius 1 is 0.306 bits per heavy atom. The summed E-state index contributed by atoms with van der Waals surface area (Å²) in [6.07, 6.45) is 0. The van der Waals surface area contributed by atoms with Gasteiger partial charge in [-0.2, -0.15) is 0 Å². The molecule has 7 aromatic carbocycles. The predicted octanol–water partition coefficient (Wildman–Crippen LogP) is 11.9. The van der Waals surface area contributed by atoms with Crippen LogP contribution in [0.4, 0.5) is 0 Å². The van der Waals surface area contributed by atoms with Crippen molar-refractivity contribution in [3.63, 3.8) is 0 Å². The maximum atomic E-state index is 6.34. The first-order valence-electron chi connectivity index (χ1n) is 16.4. The number of rotatable bonds is 4. The molecule has 10 aromatic rings. The van der Waals surface area contributed by atoms with E-state index in [2.05, 4.69) is 127 Å². The second-order valence-electron chi connectivity index (χ2n) is 12.4. The van der Waals surface area contributed by atoms with Crippen molar-refractivity contribution in [1.29, 1.82) is 0 Å². The van der Waals surface area contributed by atoms with Crippen LogP contribution in [0.25, 0.3) is 99.5 Å². The van der Waals surface area contributed by atoms with Gasteiger partial charge in [0.25, 0.3) is 0 Å². The minimum absolute atomic E-state index is 0.674. The van der Waals surface area contributed by atoms with Gasteiger partial charge in [0, 0.05) is 43.6 Å². The van der Waals surface area contributed by atoms with Gasteiger partial charge >= 0.3 is 0 Å². The zero-order valence-electron chi connectivity index (χ0n) is 26.3. The summed E-state index contributed by atoms with van der Waals surface area (Å²) >= 11 is 0. The van der Waals surface area contributed by atoms with E-state index in [0.717, 1.165) is 82.6 Å². The van der Waals surface area contributed by atoms with Crippen molar-refractivity contribution in [3.8, 4) is 45.0 Å². The van der Waals surface area contributed by atoms with Gasteiger partial charge in [0.15, 0.2) is 5.82 Å². The third-order valence-corrected chi connectivity index (χ3v) is 9.46. The zero-order chi connectivity index (χ0) is 32.3. The van der Waals surface area contributed by atoms with Gasteiger partial charge in [-0.05, 0) is 52.9 Å². The smallest absolute Gasteiger partial charge is 0.160 e. The molecular formula is C45H27N3O. The average Bonchev–Trinajstić information content (AvgIpc) is 3.54. The number of para-hydroxylation sites is 3. The Bertz CT molecular complexity index is 2870. The van der Waals surface area contributed by atoms with Crippen LogP contribution in [-0.4, -0.2) is 15.0 Å². The lowest BCUT2D eigenvalue weighted by Crippen LogP contribution is -1.96. The number of hydrogen-bond donors (Lipinski definition) is 0. The first-order valence-corrected chi connectivity index (χ1v) is 16.4. The molecule has 0 fully saturated rings. The molecule has 0 saturated carbocycles. The molecule has 0 radical (unpaired) electrons. The van der Waals surface area contributed by atoms with Gasteiger partial charge in [-0.25, -0.2) is 15.0 Å². The highest BCUT2D eigenvalue weighted by atomic mass is 16.3. The molecule has 0 amide bonds.